The van der Waals surface area contributed by atoms with Gasteiger partial charge in [-0.15, -0.1) is 0 Å². The fourth-order valence-electron chi connectivity index (χ4n) is 4.87. The van der Waals surface area contributed by atoms with Gasteiger partial charge in [-0.25, -0.2) is 14.2 Å². The maximum Gasteiger partial charge on any atom is 0.371 e. The molecule has 0 aliphatic carbocycles. The number of ether oxygens (including phenoxy) is 2. The molecule has 0 unspecified atom stereocenters. The lowest BCUT2D eigenvalue weighted by Gasteiger charge is -2.29. The second kappa shape index (κ2) is 10.9. The molecule has 204 valence electrons. The van der Waals surface area contributed by atoms with Crippen molar-refractivity contribution < 1.29 is 28.2 Å². The van der Waals surface area contributed by atoms with Crippen LogP contribution in [0.5, 0.6) is 5.88 Å². The molecular weight excluding hydrogens is 517 g/mol. The molecule has 1 saturated heterocycles. The predicted molar refractivity (Wildman–Crippen MR) is 141 cm³/mol. The maximum absolute atomic E-state index is 14.2. The van der Waals surface area contributed by atoms with Gasteiger partial charge in [-0.2, -0.15) is 10.2 Å². The minimum Gasteiger partial charge on any atom is -0.475 e. The third kappa shape index (κ3) is 5.32. The standard InChI is InChI=1S/C29H26FN5O5/c30-22-12-18(14-31)4-5-20(22)17-39-27-3-1-2-23(32-27)19-6-9-34(10-7-19)16-26-33-28-24(13-25(40-28)29(36)37)35(26)15-21-8-11-38-21/h1-6,12-13,21H,7-11,15-17H2,(H,36,37)/t21-/m0/s1. The van der Waals surface area contributed by atoms with Crippen LogP contribution in [0, 0.1) is 17.1 Å². The normalized spacial score (nSPS) is 17.3. The minimum absolute atomic E-state index is 0.0101. The number of carboxylic acid groups (broad SMARTS) is 1. The highest BCUT2D eigenvalue weighted by atomic mass is 19.1. The lowest BCUT2D eigenvalue weighted by Crippen LogP contribution is -2.33. The molecule has 3 aromatic heterocycles. The number of benzene rings is 1. The average molecular weight is 544 g/mol. The molecular formula is C29H26FN5O5. The molecule has 1 N–H and O–H groups in total. The lowest BCUT2D eigenvalue weighted by atomic mass is 10.0. The summed E-state index contributed by atoms with van der Waals surface area (Å²) in [5.41, 5.74) is 3.50. The number of nitrogens with zero attached hydrogens (tertiary/aromatic N) is 5. The van der Waals surface area contributed by atoms with Gasteiger partial charge in [-0.3, -0.25) is 4.90 Å². The van der Waals surface area contributed by atoms with Crippen molar-refractivity contribution in [2.24, 2.45) is 0 Å². The fourth-order valence-corrected chi connectivity index (χ4v) is 4.87. The molecule has 40 heavy (non-hydrogen) atoms. The van der Waals surface area contributed by atoms with Crippen LogP contribution in [0.4, 0.5) is 4.39 Å². The van der Waals surface area contributed by atoms with Crippen LogP contribution in [0.15, 0.2) is 53.0 Å². The first-order valence-electron chi connectivity index (χ1n) is 13.0. The van der Waals surface area contributed by atoms with Crippen LogP contribution >= 0.6 is 0 Å². The molecule has 2 aliphatic rings. The van der Waals surface area contributed by atoms with Gasteiger partial charge in [0.05, 0.1) is 36.5 Å². The molecule has 1 atom stereocenters. The van der Waals surface area contributed by atoms with Gasteiger partial charge in [0.25, 0.3) is 0 Å². The molecule has 0 radical (unpaired) electrons. The molecule has 2 aliphatic heterocycles. The van der Waals surface area contributed by atoms with E-state index in [0.29, 0.717) is 42.3 Å². The number of carboxylic acids is 1. The zero-order valence-corrected chi connectivity index (χ0v) is 21.5. The number of hydrogen-bond acceptors (Lipinski definition) is 8. The van der Waals surface area contributed by atoms with Crippen LogP contribution in [-0.2, 0) is 24.4 Å². The zero-order valence-electron chi connectivity index (χ0n) is 21.5. The maximum atomic E-state index is 14.2. The lowest BCUT2D eigenvalue weighted by molar-refractivity contribution is -0.0591. The number of fused-ring (bicyclic) bond motifs is 1. The molecule has 0 saturated carbocycles. The van der Waals surface area contributed by atoms with E-state index in [0.717, 1.165) is 43.1 Å². The number of hydrogen-bond donors (Lipinski definition) is 1. The van der Waals surface area contributed by atoms with E-state index in [9.17, 15) is 14.3 Å². The van der Waals surface area contributed by atoms with Gasteiger partial charge in [-0.1, -0.05) is 18.2 Å². The van der Waals surface area contributed by atoms with Gasteiger partial charge >= 0.3 is 5.97 Å². The van der Waals surface area contributed by atoms with Crippen molar-refractivity contribution in [1.29, 1.82) is 5.26 Å². The number of rotatable bonds is 9. The summed E-state index contributed by atoms with van der Waals surface area (Å²) in [6, 6.07) is 13.3. The molecule has 0 bridgehead atoms. The molecule has 11 heteroatoms. The summed E-state index contributed by atoms with van der Waals surface area (Å²) in [6.45, 7) is 3.39. The molecule has 5 heterocycles. The summed E-state index contributed by atoms with van der Waals surface area (Å²) < 4.78 is 33.0. The number of furan rings is 1. The third-order valence-electron chi connectivity index (χ3n) is 7.19. The monoisotopic (exact) mass is 543 g/mol. The highest BCUT2D eigenvalue weighted by Crippen LogP contribution is 2.27. The predicted octanol–water partition coefficient (Wildman–Crippen LogP) is 4.39. The first-order valence-corrected chi connectivity index (χ1v) is 13.0. The van der Waals surface area contributed by atoms with E-state index in [2.05, 4.69) is 20.9 Å². The van der Waals surface area contributed by atoms with Gasteiger partial charge in [-0.05, 0) is 36.6 Å². The van der Waals surface area contributed by atoms with Crippen LogP contribution < -0.4 is 4.74 Å². The number of halogens is 1. The number of pyridine rings is 1. The number of imidazole rings is 1. The summed E-state index contributed by atoms with van der Waals surface area (Å²) in [7, 11) is 0. The fraction of sp³-hybridized carbons (Fsp3) is 0.310. The van der Waals surface area contributed by atoms with Crippen LogP contribution in [0.25, 0.3) is 16.8 Å². The summed E-state index contributed by atoms with van der Waals surface area (Å²) in [5, 5.41) is 18.2. The van der Waals surface area contributed by atoms with E-state index in [-0.39, 0.29) is 24.0 Å². The van der Waals surface area contributed by atoms with E-state index in [4.69, 9.17) is 19.2 Å². The van der Waals surface area contributed by atoms with Crippen molar-refractivity contribution in [2.45, 2.75) is 38.6 Å². The van der Waals surface area contributed by atoms with E-state index in [1.54, 1.807) is 18.2 Å². The van der Waals surface area contributed by atoms with Gasteiger partial charge in [0.1, 0.15) is 23.8 Å². The van der Waals surface area contributed by atoms with Crippen molar-refractivity contribution >= 4 is 22.8 Å². The van der Waals surface area contributed by atoms with Crippen molar-refractivity contribution in [3.63, 3.8) is 0 Å². The summed E-state index contributed by atoms with van der Waals surface area (Å²) in [4.78, 5) is 22.9. The Labute approximate surface area is 228 Å². The van der Waals surface area contributed by atoms with Gasteiger partial charge in [0, 0.05) is 37.4 Å². The number of carbonyl (C=O) groups is 1. The average Bonchev–Trinajstić information content (AvgIpc) is 3.49. The first kappa shape index (κ1) is 25.7. The third-order valence-corrected chi connectivity index (χ3v) is 7.19. The Bertz CT molecular complexity index is 1650. The SMILES string of the molecule is N#Cc1ccc(COc2cccc(C3=CCN(Cc4nc5oc(C(=O)O)cc5n4C[C@@H]4CCO4)CC3)n2)c(F)c1. The van der Waals surface area contributed by atoms with Crippen LogP contribution in [-0.4, -0.2) is 56.3 Å². The smallest absolute Gasteiger partial charge is 0.371 e. The van der Waals surface area contributed by atoms with Crippen LogP contribution in [0.3, 0.4) is 0 Å². The van der Waals surface area contributed by atoms with Crippen molar-refractivity contribution in [1.82, 2.24) is 19.4 Å². The number of nitriles is 1. The molecule has 4 aromatic rings. The topological polar surface area (TPSA) is 127 Å². The van der Waals surface area contributed by atoms with Gasteiger partial charge in [0.15, 0.2) is 0 Å². The Morgan fingerprint density at radius 2 is 2.12 bits per heavy atom. The Hall–Kier alpha value is -4.53. The van der Waals surface area contributed by atoms with Gasteiger partial charge in [0.2, 0.25) is 17.4 Å². The summed E-state index contributed by atoms with van der Waals surface area (Å²) in [6.07, 6.45) is 3.94. The van der Waals surface area contributed by atoms with Crippen LogP contribution in [0.1, 0.15) is 46.0 Å². The van der Waals surface area contributed by atoms with Crippen molar-refractivity contribution in [2.75, 3.05) is 19.7 Å². The molecule has 0 amide bonds. The first-order chi connectivity index (χ1) is 19.5. The Morgan fingerprint density at radius 3 is 2.83 bits per heavy atom. The highest BCUT2D eigenvalue weighted by Gasteiger charge is 2.26. The second-order valence-corrected chi connectivity index (χ2v) is 9.81. The van der Waals surface area contributed by atoms with Crippen LogP contribution in [0.2, 0.25) is 0 Å². The number of aromatic carboxylic acids is 1. The molecule has 1 fully saturated rings. The molecule has 1 aromatic carbocycles. The summed E-state index contributed by atoms with van der Waals surface area (Å²) >= 11 is 0. The van der Waals surface area contributed by atoms with Crippen molar-refractivity contribution in [3.8, 4) is 11.9 Å². The largest absolute Gasteiger partial charge is 0.475 e. The number of aromatic nitrogens is 3. The zero-order chi connectivity index (χ0) is 27.6. The van der Waals surface area contributed by atoms with Crippen molar-refractivity contribution in [3.05, 3.63) is 82.8 Å². The molecule has 0 spiro atoms. The van der Waals surface area contributed by atoms with Gasteiger partial charge < -0.3 is 23.6 Å². The van der Waals surface area contributed by atoms with E-state index in [1.807, 2.05) is 22.8 Å². The Kier molecular flexibility index (Phi) is 7.02. The molecule has 6 rings (SSSR count). The minimum atomic E-state index is -1.12. The Morgan fingerprint density at radius 1 is 1.25 bits per heavy atom. The Balaban J connectivity index is 1.12. The van der Waals surface area contributed by atoms with E-state index in [1.165, 1.54) is 12.1 Å². The quantitative estimate of drug-likeness (QED) is 0.327. The van der Waals surface area contributed by atoms with E-state index < -0.39 is 11.8 Å². The highest BCUT2D eigenvalue weighted by molar-refractivity contribution is 5.89. The summed E-state index contributed by atoms with van der Waals surface area (Å²) in [5.74, 6) is -0.529. The molecule has 10 nitrogen and oxygen atoms in total. The second-order valence-electron chi connectivity index (χ2n) is 9.81. The van der Waals surface area contributed by atoms with E-state index >= 15 is 0 Å².